The highest BCUT2D eigenvalue weighted by Gasteiger charge is 2.29. The molecule has 0 saturated carbocycles. The van der Waals surface area contributed by atoms with Gasteiger partial charge in [0, 0.05) is 25.6 Å². The summed E-state index contributed by atoms with van der Waals surface area (Å²) in [6, 6.07) is 9.95. The molecule has 0 unspecified atom stereocenters. The zero-order valence-corrected chi connectivity index (χ0v) is 24.7. The van der Waals surface area contributed by atoms with Gasteiger partial charge in [0.05, 0.1) is 22.0 Å². The third kappa shape index (κ3) is 9.20. The van der Waals surface area contributed by atoms with Gasteiger partial charge in [-0.15, -0.1) is 0 Å². The van der Waals surface area contributed by atoms with Crippen LogP contribution in [0.2, 0.25) is 10.0 Å². The lowest BCUT2D eigenvalue weighted by atomic mass is 10.1. The molecule has 2 amide bonds. The van der Waals surface area contributed by atoms with Crippen molar-refractivity contribution in [3.63, 3.8) is 0 Å². The van der Waals surface area contributed by atoms with Gasteiger partial charge in [-0.3, -0.25) is 13.9 Å². The van der Waals surface area contributed by atoms with Crippen LogP contribution in [0.1, 0.15) is 56.7 Å². The minimum Gasteiger partial charge on any atom is -0.352 e. The lowest BCUT2D eigenvalue weighted by Crippen LogP contribution is -2.50. The van der Waals surface area contributed by atoms with Crippen molar-refractivity contribution in [2.24, 2.45) is 0 Å². The number of carbonyl (C=O) groups excluding carboxylic acids is 2. The van der Waals surface area contributed by atoms with E-state index in [0.717, 1.165) is 22.9 Å². The summed E-state index contributed by atoms with van der Waals surface area (Å²) >= 11 is 12.2. The van der Waals surface area contributed by atoms with E-state index >= 15 is 0 Å². The van der Waals surface area contributed by atoms with Gasteiger partial charge in [0.25, 0.3) is 0 Å². The van der Waals surface area contributed by atoms with Crippen LogP contribution in [0.5, 0.6) is 0 Å². The topological polar surface area (TPSA) is 86.8 Å². The number of anilines is 1. The number of hydrogen-bond donors (Lipinski definition) is 1. The van der Waals surface area contributed by atoms with Crippen LogP contribution in [0.15, 0.2) is 36.4 Å². The van der Waals surface area contributed by atoms with Gasteiger partial charge >= 0.3 is 0 Å². The molecule has 1 atom stereocenters. The number of hydrogen-bond acceptors (Lipinski definition) is 4. The molecule has 0 saturated heterocycles. The fourth-order valence-electron chi connectivity index (χ4n) is 4.23. The number of sulfonamides is 1. The fourth-order valence-corrected chi connectivity index (χ4v) is 5.50. The number of aryl methyl sites for hydroxylation is 2. The smallest absolute Gasteiger partial charge is 0.243 e. The van der Waals surface area contributed by atoms with E-state index in [-0.39, 0.29) is 37.4 Å². The van der Waals surface area contributed by atoms with Crippen LogP contribution in [0.25, 0.3) is 0 Å². The van der Waals surface area contributed by atoms with Crippen molar-refractivity contribution >= 4 is 50.7 Å². The number of nitrogens with one attached hydrogen (secondary N) is 1. The van der Waals surface area contributed by atoms with Gasteiger partial charge in [-0.05, 0) is 81.5 Å². The second kappa shape index (κ2) is 13.5. The van der Waals surface area contributed by atoms with Crippen molar-refractivity contribution < 1.29 is 18.0 Å². The summed E-state index contributed by atoms with van der Waals surface area (Å²) in [6.07, 6.45) is 1.94. The predicted molar refractivity (Wildman–Crippen MR) is 152 cm³/mol. The van der Waals surface area contributed by atoms with Crippen molar-refractivity contribution in [1.29, 1.82) is 0 Å². The molecule has 2 aromatic carbocycles. The molecule has 0 fully saturated rings. The number of halogens is 2. The molecule has 0 spiro atoms. The summed E-state index contributed by atoms with van der Waals surface area (Å²) < 4.78 is 26.5. The molecular formula is C27H37Cl2N3O4S. The van der Waals surface area contributed by atoms with Gasteiger partial charge in [-0.25, -0.2) is 8.42 Å². The van der Waals surface area contributed by atoms with Crippen molar-refractivity contribution in [2.45, 2.75) is 72.5 Å². The van der Waals surface area contributed by atoms with E-state index < -0.39 is 16.1 Å². The maximum Gasteiger partial charge on any atom is 0.243 e. The molecule has 0 aromatic heterocycles. The second-order valence-electron chi connectivity index (χ2n) is 9.64. The minimum absolute atomic E-state index is 0.0730. The van der Waals surface area contributed by atoms with Crippen LogP contribution in [0.4, 0.5) is 5.69 Å². The Balaban J connectivity index is 2.27. The standard InChI is InChI=1S/C27H37Cl2N3O4S/c1-7-25(27(34)30-18(2)3)31(17-21-10-11-23(28)24(29)16-21)26(33)9-8-12-32(37(6,35)36)22-14-19(4)13-20(5)15-22/h10-11,13-16,18,25H,7-9,12,17H2,1-6H3,(H,30,34)/t25-/m1/s1. The highest BCUT2D eigenvalue weighted by Crippen LogP contribution is 2.25. The first kappa shape index (κ1) is 30.9. The molecule has 0 aliphatic carbocycles. The average molecular weight is 571 g/mol. The normalized spacial score (nSPS) is 12.4. The molecule has 7 nitrogen and oxygen atoms in total. The van der Waals surface area contributed by atoms with Gasteiger partial charge in [0.1, 0.15) is 6.04 Å². The summed E-state index contributed by atoms with van der Waals surface area (Å²) in [6.45, 7) is 9.72. The largest absolute Gasteiger partial charge is 0.352 e. The van der Waals surface area contributed by atoms with Crippen molar-refractivity contribution in [3.05, 3.63) is 63.1 Å². The lowest BCUT2D eigenvalue weighted by Gasteiger charge is -2.31. The molecule has 2 aromatic rings. The summed E-state index contributed by atoms with van der Waals surface area (Å²) in [4.78, 5) is 28.0. The monoisotopic (exact) mass is 569 g/mol. The Labute approximate surface area is 231 Å². The van der Waals surface area contributed by atoms with Crippen LogP contribution >= 0.6 is 23.2 Å². The highest BCUT2D eigenvalue weighted by molar-refractivity contribution is 7.92. The molecular weight excluding hydrogens is 533 g/mol. The molecule has 204 valence electrons. The highest BCUT2D eigenvalue weighted by atomic mass is 35.5. The lowest BCUT2D eigenvalue weighted by molar-refractivity contribution is -0.141. The SMILES string of the molecule is CC[C@H](C(=O)NC(C)C)N(Cc1ccc(Cl)c(Cl)c1)C(=O)CCCN(c1cc(C)cc(C)c1)S(C)(=O)=O. The van der Waals surface area contributed by atoms with E-state index in [1.165, 1.54) is 4.31 Å². The molecule has 0 aliphatic rings. The summed E-state index contributed by atoms with van der Waals surface area (Å²) in [5.41, 5.74) is 3.22. The first-order valence-corrected chi connectivity index (χ1v) is 14.9. The molecule has 0 radical (unpaired) electrons. The molecule has 0 heterocycles. The van der Waals surface area contributed by atoms with Gasteiger partial charge in [-0.2, -0.15) is 0 Å². The summed E-state index contributed by atoms with van der Waals surface area (Å²) in [5, 5.41) is 3.66. The first-order chi connectivity index (χ1) is 17.2. The average Bonchev–Trinajstić information content (AvgIpc) is 2.76. The van der Waals surface area contributed by atoms with Gasteiger partial charge in [0.2, 0.25) is 21.8 Å². The fraction of sp³-hybridized carbons (Fsp3) is 0.481. The second-order valence-corrected chi connectivity index (χ2v) is 12.4. The quantitative estimate of drug-likeness (QED) is 0.366. The van der Waals surface area contributed by atoms with E-state index in [2.05, 4.69) is 5.32 Å². The summed E-state index contributed by atoms with van der Waals surface area (Å²) in [5.74, 6) is -0.482. The van der Waals surface area contributed by atoms with Gasteiger partial charge in [-0.1, -0.05) is 42.3 Å². The maximum atomic E-state index is 13.5. The van der Waals surface area contributed by atoms with Gasteiger partial charge < -0.3 is 10.2 Å². The van der Waals surface area contributed by atoms with Crippen LogP contribution in [0.3, 0.4) is 0 Å². The Hall–Kier alpha value is -2.29. The van der Waals surface area contributed by atoms with E-state index in [1.54, 1.807) is 23.1 Å². The van der Waals surface area contributed by atoms with E-state index in [0.29, 0.717) is 28.6 Å². The van der Waals surface area contributed by atoms with Crippen LogP contribution in [0, 0.1) is 13.8 Å². The third-order valence-corrected chi connectivity index (χ3v) is 7.73. The van der Waals surface area contributed by atoms with E-state index in [4.69, 9.17) is 23.2 Å². The Kier molecular flexibility index (Phi) is 11.3. The first-order valence-electron chi connectivity index (χ1n) is 12.3. The molecule has 37 heavy (non-hydrogen) atoms. The van der Waals surface area contributed by atoms with Crippen molar-refractivity contribution in [1.82, 2.24) is 10.2 Å². The predicted octanol–water partition coefficient (Wildman–Crippen LogP) is 5.49. The van der Waals surface area contributed by atoms with Crippen LogP contribution < -0.4 is 9.62 Å². The Bertz CT molecular complexity index is 1200. The zero-order chi connectivity index (χ0) is 27.9. The maximum absolute atomic E-state index is 13.5. The molecule has 1 N–H and O–H groups in total. The number of nitrogens with zero attached hydrogens (tertiary/aromatic N) is 2. The Morgan fingerprint density at radius 2 is 1.62 bits per heavy atom. The number of amides is 2. The van der Waals surface area contributed by atoms with Crippen LogP contribution in [-0.4, -0.2) is 50.0 Å². The number of benzene rings is 2. The summed E-state index contributed by atoms with van der Waals surface area (Å²) in [7, 11) is -3.56. The molecule has 0 bridgehead atoms. The van der Waals surface area contributed by atoms with E-state index in [1.807, 2.05) is 52.8 Å². The zero-order valence-electron chi connectivity index (χ0n) is 22.3. The Morgan fingerprint density at radius 1 is 1.00 bits per heavy atom. The van der Waals surface area contributed by atoms with Crippen LogP contribution in [-0.2, 0) is 26.2 Å². The third-order valence-electron chi connectivity index (χ3n) is 5.80. The molecule has 10 heteroatoms. The van der Waals surface area contributed by atoms with Crippen molar-refractivity contribution in [2.75, 3.05) is 17.1 Å². The molecule has 2 rings (SSSR count). The number of carbonyl (C=O) groups is 2. The Morgan fingerprint density at radius 3 is 2.14 bits per heavy atom. The van der Waals surface area contributed by atoms with Crippen molar-refractivity contribution in [3.8, 4) is 0 Å². The number of rotatable bonds is 12. The minimum atomic E-state index is -3.56. The van der Waals surface area contributed by atoms with Gasteiger partial charge in [0.15, 0.2) is 0 Å². The molecule has 0 aliphatic heterocycles. The van der Waals surface area contributed by atoms with E-state index in [9.17, 15) is 18.0 Å².